The second-order valence-electron chi connectivity index (χ2n) is 7.52. The van der Waals surface area contributed by atoms with Gasteiger partial charge in [-0.3, -0.25) is 0 Å². The number of rotatable bonds is 13. The number of amides is 1. The zero-order valence-electron chi connectivity index (χ0n) is 18.2. The number of hydrogen-bond acceptors (Lipinski definition) is 5. The molecule has 0 spiro atoms. The summed E-state index contributed by atoms with van der Waals surface area (Å²) in [6.07, 6.45) is 1.91. The predicted molar refractivity (Wildman–Crippen MR) is 114 cm³/mol. The number of nitrogens with one attached hydrogen (secondary N) is 1. The number of alkyl carbamates (subject to hydrolysis) is 1. The predicted octanol–water partition coefficient (Wildman–Crippen LogP) is 4.60. The van der Waals surface area contributed by atoms with Gasteiger partial charge in [0.15, 0.2) is 0 Å². The average molecular weight is 406 g/mol. The summed E-state index contributed by atoms with van der Waals surface area (Å²) in [7, 11) is 0. The van der Waals surface area contributed by atoms with Crippen LogP contribution in [0.3, 0.4) is 0 Å². The van der Waals surface area contributed by atoms with E-state index in [0.29, 0.717) is 31.9 Å². The molecule has 1 aromatic carbocycles. The lowest BCUT2D eigenvalue weighted by Gasteiger charge is -2.34. The number of hydrogen-bond donors (Lipinski definition) is 1. The van der Waals surface area contributed by atoms with Crippen molar-refractivity contribution in [1.29, 1.82) is 0 Å². The van der Waals surface area contributed by atoms with Crippen LogP contribution in [0.1, 0.15) is 58.4 Å². The first kappa shape index (κ1) is 24.7. The molecule has 0 aliphatic carbocycles. The lowest BCUT2D eigenvalue weighted by Crippen LogP contribution is -2.41. The normalized spacial score (nSPS) is 12.1. The number of carbonyl (C=O) groups excluding carboxylic acids is 2. The zero-order chi connectivity index (χ0) is 21.7. The Balaban J connectivity index is 2.40. The Labute approximate surface area is 174 Å². The van der Waals surface area contributed by atoms with Crippen molar-refractivity contribution >= 4 is 12.1 Å². The van der Waals surface area contributed by atoms with E-state index in [9.17, 15) is 9.59 Å². The Morgan fingerprint density at radius 2 is 1.83 bits per heavy atom. The van der Waals surface area contributed by atoms with Gasteiger partial charge in [-0.2, -0.15) is 0 Å². The lowest BCUT2D eigenvalue weighted by molar-refractivity contribution is -0.139. The summed E-state index contributed by atoms with van der Waals surface area (Å²) in [6.45, 7) is 12.9. The fourth-order valence-corrected chi connectivity index (χ4v) is 2.85. The van der Waals surface area contributed by atoms with Gasteiger partial charge in [-0.25, -0.2) is 9.59 Å². The van der Waals surface area contributed by atoms with E-state index in [1.54, 1.807) is 6.92 Å². The maximum atomic E-state index is 12.3. The maximum absolute atomic E-state index is 12.3. The highest BCUT2D eigenvalue weighted by atomic mass is 16.6. The van der Waals surface area contributed by atoms with Crippen molar-refractivity contribution in [2.75, 3.05) is 26.4 Å². The molecule has 0 saturated carbocycles. The largest absolute Gasteiger partial charge is 0.462 e. The molecular formula is C23H35NO5. The van der Waals surface area contributed by atoms with Crippen LogP contribution in [0.2, 0.25) is 0 Å². The molecule has 6 nitrogen and oxygen atoms in total. The van der Waals surface area contributed by atoms with Crippen molar-refractivity contribution in [3.63, 3.8) is 0 Å². The third-order valence-corrected chi connectivity index (χ3v) is 4.56. The van der Waals surface area contributed by atoms with Crippen molar-refractivity contribution < 1.29 is 23.8 Å². The minimum Gasteiger partial charge on any atom is -0.462 e. The number of esters is 1. The molecule has 162 valence electrons. The number of carbonyl (C=O) groups is 2. The molecule has 0 aliphatic heterocycles. The van der Waals surface area contributed by atoms with Crippen LogP contribution in [0.15, 0.2) is 42.5 Å². The van der Waals surface area contributed by atoms with Crippen LogP contribution in [0, 0.1) is 0 Å². The van der Waals surface area contributed by atoms with E-state index in [1.807, 2.05) is 51.1 Å². The van der Waals surface area contributed by atoms with Crippen molar-refractivity contribution in [3.05, 3.63) is 48.0 Å². The fraction of sp³-hybridized carbons (Fsp3) is 0.565. The van der Waals surface area contributed by atoms with Gasteiger partial charge in [0.2, 0.25) is 0 Å². The van der Waals surface area contributed by atoms with Crippen LogP contribution in [0.25, 0.3) is 0 Å². The van der Waals surface area contributed by atoms with Gasteiger partial charge in [-0.05, 0) is 52.5 Å². The van der Waals surface area contributed by atoms with Crippen molar-refractivity contribution in [1.82, 2.24) is 5.32 Å². The first-order chi connectivity index (χ1) is 13.8. The molecule has 0 aliphatic rings. The van der Waals surface area contributed by atoms with Gasteiger partial charge in [-0.1, -0.05) is 36.9 Å². The molecule has 0 aromatic heterocycles. The number of unbranched alkanes of at least 4 members (excludes halogenated alkanes) is 2. The standard InChI is InChI=1S/C23H35NO5/c1-6-27-17-20(19-13-9-7-10-14-19)23(4,5)29-22(26)24-15-11-8-12-16-28-21(25)18(2)3/h7,9-10,13-14,20H,2,6,8,11-12,15-17H2,1,3-5H3,(H,24,26). The van der Waals surface area contributed by atoms with E-state index in [-0.39, 0.29) is 11.9 Å². The highest BCUT2D eigenvalue weighted by molar-refractivity contribution is 5.86. The molecule has 29 heavy (non-hydrogen) atoms. The molecule has 1 aromatic rings. The minimum atomic E-state index is -0.725. The van der Waals surface area contributed by atoms with Gasteiger partial charge in [0.25, 0.3) is 0 Å². The average Bonchev–Trinajstić information content (AvgIpc) is 2.67. The first-order valence-electron chi connectivity index (χ1n) is 10.2. The Morgan fingerprint density at radius 1 is 1.14 bits per heavy atom. The molecule has 6 heteroatoms. The van der Waals surface area contributed by atoms with Gasteiger partial charge >= 0.3 is 12.1 Å². The quantitative estimate of drug-likeness (QED) is 0.295. The molecule has 0 radical (unpaired) electrons. The fourth-order valence-electron chi connectivity index (χ4n) is 2.85. The summed E-state index contributed by atoms with van der Waals surface area (Å²) >= 11 is 0. The highest BCUT2D eigenvalue weighted by Crippen LogP contribution is 2.31. The molecule has 1 rings (SSSR count). The Morgan fingerprint density at radius 3 is 2.45 bits per heavy atom. The van der Waals surface area contributed by atoms with Gasteiger partial charge in [-0.15, -0.1) is 0 Å². The molecule has 1 atom stereocenters. The molecule has 0 fully saturated rings. The Kier molecular flexibility index (Phi) is 11.1. The monoisotopic (exact) mass is 405 g/mol. The number of ether oxygens (including phenoxy) is 3. The van der Waals surface area contributed by atoms with Crippen LogP contribution in [0.4, 0.5) is 4.79 Å². The van der Waals surface area contributed by atoms with Crippen LogP contribution in [0.5, 0.6) is 0 Å². The molecule has 1 N–H and O–H groups in total. The van der Waals surface area contributed by atoms with Gasteiger partial charge < -0.3 is 19.5 Å². The smallest absolute Gasteiger partial charge is 0.407 e. The first-order valence-corrected chi connectivity index (χ1v) is 10.2. The summed E-state index contributed by atoms with van der Waals surface area (Å²) < 4.78 is 16.4. The molecule has 0 bridgehead atoms. The third kappa shape index (κ3) is 9.61. The third-order valence-electron chi connectivity index (χ3n) is 4.56. The molecule has 1 amide bonds. The van der Waals surface area contributed by atoms with E-state index >= 15 is 0 Å². The van der Waals surface area contributed by atoms with E-state index in [4.69, 9.17) is 14.2 Å². The van der Waals surface area contributed by atoms with E-state index in [1.165, 1.54) is 0 Å². The van der Waals surface area contributed by atoms with Crippen LogP contribution < -0.4 is 5.32 Å². The Hall–Kier alpha value is -2.34. The van der Waals surface area contributed by atoms with E-state index in [2.05, 4.69) is 11.9 Å². The van der Waals surface area contributed by atoms with Gasteiger partial charge in [0.1, 0.15) is 5.60 Å². The van der Waals surface area contributed by atoms with Gasteiger partial charge in [0, 0.05) is 24.6 Å². The highest BCUT2D eigenvalue weighted by Gasteiger charge is 2.34. The molecule has 0 saturated heterocycles. The second kappa shape index (κ2) is 13.0. The van der Waals surface area contributed by atoms with Crippen molar-refractivity contribution in [3.8, 4) is 0 Å². The summed E-state index contributed by atoms with van der Waals surface area (Å²) in [4.78, 5) is 23.5. The van der Waals surface area contributed by atoms with Crippen LogP contribution in [-0.4, -0.2) is 44.0 Å². The summed E-state index contributed by atoms with van der Waals surface area (Å²) in [6, 6.07) is 9.94. The van der Waals surface area contributed by atoms with E-state index < -0.39 is 11.7 Å². The molecular weight excluding hydrogens is 370 g/mol. The van der Waals surface area contributed by atoms with Gasteiger partial charge in [0.05, 0.1) is 13.2 Å². The summed E-state index contributed by atoms with van der Waals surface area (Å²) in [5.74, 6) is -0.439. The minimum absolute atomic E-state index is 0.0718. The van der Waals surface area contributed by atoms with E-state index in [0.717, 1.165) is 24.8 Å². The Bertz CT molecular complexity index is 642. The van der Waals surface area contributed by atoms with Crippen LogP contribution in [-0.2, 0) is 19.0 Å². The summed E-state index contributed by atoms with van der Waals surface area (Å²) in [5, 5.41) is 2.80. The van der Waals surface area contributed by atoms with Crippen LogP contribution >= 0.6 is 0 Å². The van der Waals surface area contributed by atoms with Crippen molar-refractivity contribution in [2.45, 2.75) is 58.5 Å². The topological polar surface area (TPSA) is 73.9 Å². The molecule has 0 heterocycles. The maximum Gasteiger partial charge on any atom is 0.407 e. The SMILES string of the molecule is C=C(C)C(=O)OCCCCCNC(=O)OC(C)(C)C(COCC)c1ccccc1. The lowest BCUT2D eigenvalue weighted by atomic mass is 9.85. The number of benzene rings is 1. The van der Waals surface area contributed by atoms with Crippen molar-refractivity contribution in [2.24, 2.45) is 0 Å². The second-order valence-corrected chi connectivity index (χ2v) is 7.52. The summed E-state index contributed by atoms with van der Waals surface area (Å²) in [5.41, 5.74) is 0.746. The zero-order valence-corrected chi connectivity index (χ0v) is 18.2. The molecule has 1 unspecified atom stereocenters.